The van der Waals surface area contributed by atoms with Gasteiger partial charge in [0.2, 0.25) is 0 Å². The molecule has 0 saturated heterocycles. The van der Waals surface area contributed by atoms with Crippen LogP contribution in [0, 0.1) is 0 Å². The highest BCUT2D eigenvalue weighted by molar-refractivity contribution is 7.93. The summed E-state index contributed by atoms with van der Waals surface area (Å²) >= 11 is -1.53. The van der Waals surface area contributed by atoms with E-state index in [-0.39, 0.29) is 10.9 Å². The van der Waals surface area contributed by atoms with Crippen molar-refractivity contribution in [2.24, 2.45) is 0 Å². The molecule has 4 rings (SSSR count). The van der Waals surface area contributed by atoms with Gasteiger partial charge in [0.15, 0.2) is 4.90 Å². The van der Waals surface area contributed by atoms with E-state index in [0.29, 0.717) is 16.1 Å². The van der Waals surface area contributed by atoms with E-state index in [1.54, 1.807) is 30.3 Å². The summed E-state index contributed by atoms with van der Waals surface area (Å²) < 4.78 is 54.6. The van der Waals surface area contributed by atoms with Gasteiger partial charge in [0, 0.05) is 22.7 Å². The van der Waals surface area contributed by atoms with Gasteiger partial charge in [-0.3, -0.25) is 4.98 Å². The Kier molecular flexibility index (Phi) is 3.04. The number of aromatic nitrogens is 1. The summed E-state index contributed by atoms with van der Waals surface area (Å²) in [6, 6.07) is 11.1. The highest BCUT2D eigenvalue weighted by Gasteiger charge is 2.35. The summed E-state index contributed by atoms with van der Waals surface area (Å²) in [5.74, 6) is 0. The highest BCUT2D eigenvalue weighted by atomic mass is 32.2. The number of rotatable bonds is 0. The molecule has 1 aliphatic heterocycles. The minimum atomic E-state index is -4.47. The van der Waals surface area contributed by atoms with Gasteiger partial charge >= 0.3 is 6.18 Å². The number of benzene rings is 2. The van der Waals surface area contributed by atoms with Crippen molar-refractivity contribution >= 4 is 28.0 Å². The van der Waals surface area contributed by atoms with Gasteiger partial charge in [-0.05, 0) is 18.2 Å². The Hall–Kier alpha value is -2.25. The predicted octanol–water partition coefficient (Wildman–Crippen LogP) is 4.37. The smallest absolute Gasteiger partial charge is 0.417 e. The van der Waals surface area contributed by atoms with Gasteiger partial charge in [-0.15, -0.1) is 0 Å². The van der Waals surface area contributed by atoms with E-state index in [2.05, 4.69) is 9.71 Å². The lowest BCUT2D eigenvalue weighted by molar-refractivity contribution is -0.136. The van der Waals surface area contributed by atoms with Crippen molar-refractivity contribution in [1.29, 1.82) is 0 Å². The van der Waals surface area contributed by atoms with Crippen LogP contribution in [0.5, 0.6) is 0 Å². The monoisotopic (exact) mass is 334 g/mol. The number of nitrogens with zero attached hydrogens (tertiary/aromatic N) is 1. The molecule has 2 heterocycles. The van der Waals surface area contributed by atoms with Crippen molar-refractivity contribution < 1.29 is 17.7 Å². The lowest BCUT2D eigenvalue weighted by atomic mass is 9.99. The fourth-order valence-electron chi connectivity index (χ4n) is 2.79. The first-order chi connectivity index (χ1) is 11.0. The molecule has 3 aromatic rings. The van der Waals surface area contributed by atoms with Crippen LogP contribution in [0.1, 0.15) is 5.56 Å². The van der Waals surface area contributed by atoms with Crippen LogP contribution in [-0.2, 0) is 17.5 Å². The number of alkyl halides is 3. The molecule has 0 fully saturated rings. The Morgan fingerprint density at radius 1 is 1.00 bits per heavy atom. The van der Waals surface area contributed by atoms with E-state index in [0.717, 1.165) is 17.8 Å². The van der Waals surface area contributed by atoms with Gasteiger partial charge < -0.3 is 4.55 Å². The lowest BCUT2D eigenvalue weighted by Gasteiger charge is -2.23. The van der Waals surface area contributed by atoms with Crippen LogP contribution in [0.2, 0.25) is 0 Å². The Morgan fingerprint density at radius 2 is 1.78 bits per heavy atom. The minimum Gasteiger partial charge on any atom is -0.588 e. The molecule has 0 aliphatic carbocycles. The van der Waals surface area contributed by atoms with Crippen molar-refractivity contribution in [2.75, 3.05) is 4.72 Å². The van der Waals surface area contributed by atoms with Crippen LogP contribution >= 0.6 is 0 Å². The van der Waals surface area contributed by atoms with Crippen LogP contribution in [0.15, 0.2) is 53.6 Å². The summed E-state index contributed by atoms with van der Waals surface area (Å²) in [6.45, 7) is 0. The maximum atomic E-state index is 13.2. The molecule has 0 radical (unpaired) electrons. The number of pyridine rings is 1. The molecule has 1 aromatic heterocycles. The third kappa shape index (κ3) is 2.15. The molecule has 0 saturated carbocycles. The lowest BCUT2D eigenvalue weighted by Crippen LogP contribution is -2.19. The van der Waals surface area contributed by atoms with Crippen molar-refractivity contribution in [3.05, 3.63) is 54.2 Å². The second kappa shape index (κ2) is 4.87. The summed E-state index contributed by atoms with van der Waals surface area (Å²) in [4.78, 5) is 4.68. The molecule has 1 N–H and O–H groups in total. The Bertz CT molecular complexity index is 927. The van der Waals surface area contributed by atoms with Crippen LogP contribution in [0.4, 0.5) is 18.9 Å². The van der Waals surface area contributed by atoms with Crippen molar-refractivity contribution in [3.63, 3.8) is 0 Å². The Labute approximate surface area is 132 Å². The third-order valence-corrected chi connectivity index (χ3v) is 4.94. The van der Waals surface area contributed by atoms with Crippen LogP contribution in [-0.4, -0.2) is 9.54 Å². The van der Waals surface area contributed by atoms with E-state index in [1.807, 2.05) is 0 Å². The molecule has 0 spiro atoms. The standard InChI is InChI=1S/C16H9F3N2OS/c17-16(18,19)12-7-8-20-14-11(12)6-5-10-9-3-1-2-4-13(9)23(22)21-15(10)14/h1-8,21H. The molecular weight excluding hydrogens is 325 g/mol. The van der Waals surface area contributed by atoms with Crippen LogP contribution in [0.25, 0.3) is 22.0 Å². The Balaban J connectivity index is 2.05. The second-order valence-electron chi connectivity index (χ2n) is 5.11. The summed E-state index contributed by atoms with van der Waals surface area (Å²) in [5, 5.41) is -0.0115. The van der Waals surface area contributed by atoms with Gasteiger partial charge in [-0.2, -0.15) is 13.2 Å². The zero-order valence-corrected chi connectivity index (χ0v) is 12.3. The number of halogens is 3. The molecule has 1 unspecified atom stereocenters. The van der Waals surface area contributed by atoms with Gasteiger partial charge in [0.25, 0.3) is 0 Å². The predicted molar refractivity (Wildman–Crippen MR) is 82.2 cm³/mol. The number of nitrogens with one attached hydrogen (secondary N) is 1. The third-order valence-electron chi connectivity index (χ3n) is 3.79. The van der Waals surface area contributed by atoms with E-state index in [9.17, 15) is 17.7 Å². The topological polar surface area (TPSA) is 48.0 Å². The number of hydrogen-bond donors (Lipinski definition) is 1. The molecule has 1 aliphatic rings. The minimum absolute atomic E-state index is 0.0115. The van der Waals surface area contributed by atoms with Gasteiger partial charge in [-0.25, -0.2) is 4.72 Å². The van der Waals surface area contributed by atoms with E-state index in [1.165, 1.54) is 6.07 Å². The van der Waals surface area contributed by atoms with Gasteiger partial charge in [0.05, 0.1) is 11.1 Å². The first-order valence-electron chi connectivity index (χ1n) is 6.73. The normalized spacial score (nSPS) is 16.6. The zero-order chi connectivity index (χ0) is 16.2. The second-order valence-corrected chi connectivity index (χ2v) is 6.29. The molecule has 23 heavy (non-hydrogen) atoms. The zero-order valence-electron chi connectivity index (χ0n) is 11.5. The molecule has 7 heteroatoms. The quantitative estimate of drug-likeness (QED) is 0.621. The van der Waals surface area contributed by atoms with E-state index < -0.39 is 23.1 Å². The average molecular weight is 334 g/mol. The maximum absolute atomic E-state index is 13.2. The van der Waals surface area contributed by atoms with E-state index in [4.69, 9.17) is 0 Å². The first kappa shape index (κ1) is 14.3. The number of anilines is 1. The van der Waals surface area contributed by atoms with Crippen molar-refractivity contribution in [3.8, 4) is 11.1 Å². The highest BCUT2D eigenvalue weighted by Crippen LogP contribution is 2.44. The van der Waals surface area contributed by atoms with Crippen LogP contribution in [0.3, 0.4) is 0 Å². The summed E-state index contributed by atoms with van der Waals surface area (Å²) in [7, 11) is 0. The first-order valence-corrected chi connectivity index (χ1v) is 7.88. The fraction of sp³-hybridized carbons (Fsp3) is 0.0625. The molecule has 0 bridgehead atoms. The average Bonchev–Trinajstić information content (AvgIpc) is 2.53. The number of hydrogen-bond acceptors (Lipinski definition) is 3. The largest absolute Gasteiger partial charge is 0.588 e. The SMILES string of the molecule is [O-][S+]1Nc2c(ccc3c(C(F)(F)F)ccnc23)-c2ccccc21. The molecule has 3 nitrogen and oxygen atoms in total. The van der Waals surface area contributed by atoms with Crippen molar-refractivity contribution in [2.45, 2.75) is 11.1 Å². The fourth-order valence-corrected chi connectivity index (χ4v) is 3.87. The van der Waals surface area contributed by atoms with Crippen molar-refractivity contribution in [1.82, 2.24) is 4.98 Å². The summed E-state index contributed by atoms with van der Waals surface area (Å²) in [5.41, 5.74) is 1.21. The van der Waals surface area contributed by atoms with E-state index >= 15 is 0 Å². The molecule has 116 valence electrons. The van der Waals surface area contributed by atoms with Gasteiger partial charge in [-0.1, -0.05) is 24.3 Å². The Morgan fingerprint density at radius 3 is 2.57 bits per heavy atom. The molecule has 0 amide bonds. The number of fused-ring (bicyclic) bond motifs is 5. The van der Waals surface area contributed by atoms with Crippen LogP contribution < -0.4 is 4.72 Å². The van der Waals surface area contributed by atoms with Gasteiger partial charge in [0.1, 0.15) is 17.0 Å². The molecule has 1 atom stereocenters. The molecule has 2 aromatic carbocycles. The summed E-state index contributed by atoms with van der Waals surface area (Å²) in [6.07, 6.45) is -3.35. The molecular formula is C16H9F3N2OS. The maximum Gasteiger partial charge on any atom is 0.417 e.